The van der Waals surface area contributed by atoms with Gasteiger partial charge in [-0.2, -0.15) is 0 Å². The van der Waals surface area contributed by atoms with E-state index in [1.807, 2.05) is 47.5 Å². The molecule has 1 aromatic carbocycles. The summed E-state index contributed by atoms with van der Waals surface area (Å²) in [6.45, 7) is 3.25. The molecular formula is C17H19NO2S. The summed E-state index contributed by atoms with van der Waals surface area (Å²) >= 11 is 1.63. The molecule has 0 radical (unpaired) electrons. The van der Waals surface area contributed by atoms with Crippen LogP contribution in [0.15, 0.2) is 47.8 Å². The molecule has 2 heterocycles. The van der Waals surface area contributed by atoms with E-state index in [9.17, 15) is 4.79 Å². The van der Waals surface area contributed by atoms with Crippen LogP contribution in [-0.2, 0) is 16.0 Å². The Morgan fingerprint density at radius 1 is 1.29 bits per heavy atom. The van der Waals surface area contributed by atoms with Crippen LogP contribution in [-0.4, -0.2) is 30.1 Å². The van der Waals surface area contributed by atoms with Gasteiger partial charge in [0.15, 0.2) is 0 Å². The van der Waals surface area contributed by atoms with Crippen molar-refractivity contribution in [1.29, 1.82) is 0 Å². The zero-order chi connectivity index (χ0) is 14.7. The van der Waals surface area contributed by atoms with Crippen LogP contribution >= 0.6 is 11.3 Å². The molecule has 3 rings (SSSR count). The molecule has 21 heavy (non-hydrogen) atoms. The number of nitrogens with zero attached hydrogens (tertiary/aromatic N) is 1. The van der Waals surface area contributed by atoms with Crippen molar-refractivity contribution >= 4 is 17.2 Å². The number of thiophene rings is 1. The van der Waals surface area contributed by atoms with Gasteiger partial charge in [0.2, 0.25) is 5.91 Å². The highest BCUT2D eigenvalue weighted by Gasteiger charge is 2.31. The van der Waals surface area contributed by atoms with Crippen molar-refractivity contribution in [2.75, 3.05) is 13.2 Å². The number of amides is 1. The van der Waals surface area contributed by atoms with E-state index in [1.54, 1.807) is 11.3 Å². The van der Waals surface area contributed by atoms with Gasteiger partial charge in [0.25, 0.3) is 0 Å². The highest BCUT2D eigenvalue weighted by Crippen LogP contribution is 2.27. The standard InChI is InChI=1S/C17H19NO2S/c1-13-11-18(17(19)10-15-8-5-9-21-15)16(12-20-13)14-6-3-2-4-7-14/h2-9,13,16H,10-12H2,1H3/t13-,16+/m0/s1. The lowest BCUT2D eigenvalue weighted by atomic mass is 10.0. The van der Waals surface area contributed by atoms with Crippen molar-refractivity contribution in [1.82, 2.24) is 4.90 Å². The van der Waals surface area contributed by atoms with E-state index in [2.05, 4.69) is 12.1 Å². The molecule has 0 unspecified atom stereocenters. The number of ether oxygens (including phenoxy) is 1. The smallest absolute Gasteiger partial charge is 0.228 e. The average Bonchev–Trinajstić information content (AvgIpc) is 3.01. The number of benzene rings is 1. The predicted molar refractivity (Wildman–Crippen MR) is 84.3 cm³/mol. The Morgan fingerprint density at radius 3 is 2.81 bits per heavy atom. The molecular weight excluding hydrogens is 282 g/mol. The second-order valence-corrected chi connectivity index (χ2v) is 6.40. The molecule has 0 saturated carbocycles. The fraction of sp³-hybridized carbons (Fsp3) is 0.353. The first-order valence-corrected chi connectivity index (χ1v) is 8.10. The lowest BCUT2D eigenvalue weighted by Crippen LogP contribution is -2.47. The van der Waals surface area contributed by atoms with Gasteiger partial charge in [-0.1, -0.05) is 36.4 Å². The quantitative estimate of drug-likeness (QED) is 0.870. The molecule has 110 valence electrons. The second-order valence-electron chi connectivity index (χ2n) is 5.37. The summed E-state index contributed by atoms with van der Waals surface area (Å²) in [6, 6.07) is 14.2. The van der Waals surface area contributed by atoms with Gasteiger partial charge in [-0.15, -0.1) is 11.3 Å². The number of carbonyl (C=O) groups excluding carboxylic acids is 1. The number of morpholine rings is 1. The summed E-state index contributed by atoms with van der Waals surface area (Å²) in [5.41, 5.74) is 1.14. The van der Waals surface area contributed by atoms with Crippen LogP contribution < -0.4 is 0 Å². The van der Waals surface area contributed by atoms with Crippen LogP contribution in [0.1, 0.15) is 23.4 Å². The van der Waals surface area contributed by atoms with Crippen LogP contribution in [0, 0.1) is 0 Å². The van der Waals surface area contributed by atoms with Crippen LogP contribution in [0.25, 0.3) is 0 Å². The minimum absolute atomic E-state index is 0.0230. The molecule has 1 amide bonds. The van der Waals surface area contributed by atoms with Gasteiger partial charge in [-0.3, -0.25) is 4.79 Å². The number of hydrogen-bond acceptors (Lipinski definition) is 3. The minimum atomic E-state index is 0.0230. The molecule has 1 aliphatic rings. The fourth-order valence-corrected chi connectivity index (χ4v) is 3.39. The largest absolute Gasteiger partial charge is 0.374 e. The van der Waals surface area contributed by atoms with Gasteiger partial charge in [-0.05, 0) is 23.9 Å². The second kappa shape index (κ2) is 6.41. The third-order valence-electron chi connectivity index (χ3n) is 3.78. The summed E-state index contributed by atoms with van der Waals surface area (Å²) in [7, 11) is 0. The first kappa shape index (κ1) is 14.3. The molecule has 1 saturated heterocycles. The SMILES string of the molecule is C[C@H]1CN(C(=O)Cc2cccs2)[C@@H](c2ccccc2)CO1. The van der Waals surface area contributed by atoms with Crippen molar-refractivity contribution in [3.63, 3.8) is 0 Å². The summed E-state index contributed by atoms with van der Waals surface area (Å²) < 4.78 is 5.77. The van der Waals surface area contributed by atoms with Crippen molar-refractivity contribution in [3.8, 4) is 0 Å². The van der Waals surface area contributed by atoms with Gasteiger partial charge in [-0.25, -0.2) is 0 Å². The molecule has 0 bridgehead atoms. The van der Waals surface area contributed by atoms with Crippen molar-refractivity contribution < 1.29 is 9.53 Å². The van der Waals surface area contributed by atoms with Crippen molar-refractivity contribution in [3.05, 3.63) is 58.3 Å². The first-order chi connectivity index (χ1) is 10.2. The molecule has 0 spiro atoms. The van der Waals surface area contributed by atoms with E-state index in [1.165, 1.54) is 0 Å². The first-order valence-electron chi connectivity index (χ1n) is 7.22. The predicted octanol–water partition coefficient (Wildman–Crippen LogP) is 3.28. The third kappa shape index (κ3) is 3.34. The van der Waals surface area contributed by atoms with Gasteiger partial charge >= 0.3 is 0 Å². The Hall–Kier alpha value is -1.65. The summed E-state index contributed by atoms with van der Waals surface area (Å²) in [6.07, 6.45) is 0.575. The molecule has 0 N–H and O–H groups in total. The zero-order valence-electron chi connectivity index (χ0n) is 12.1. The molecule has 1 fully saturated rings. The normalized spacial score (nSPS) is 22.2. The maximum absolute atomic E-state index is 12.7. The maximum Gasteiger partial charge on any atom is 0.228 e. The van der Waals surface area contributed by atoms with E-state index in [4.69, 9.17) is 4.74 Å². The Balaban J connectivity index is 1.79. The monoisotopic (exact) mass is 301 g/mol. The highest BCUT2D eigenvalue weighted by molar-refractivity contribution is 7.10. The van der Waals surface area contributed by atoms with Gasteiger partial charge < -0.3 is 9.64 Å². The molecule has 0 aliphatic carbocycles. The van der Waals surface area contributed by atoms with E-state index in [-0.39, 0.29) is 18.1 Å². The fourth-order valence-electron chi connectivity index (χ4n) is 2.69. The van der Waals surface area contributed by atoms with Gasteiger partial charge in [0.1, 0.15) is 0 Å². The van der Waals surface area contributed by atoms with Gasteiger partial charge in [0.05, 0.1) is 25.2 Å². The van der Waals surface area contributed by atoms with Crippen molar-refractivity contribution in [2.45, 2.75) is 25.5 Å². The lowest BCUT2D eigenvalue weighted by Gasteiger charge is -2.39. The van der Waals surface area contributed by atoms with E-state index < -0.39 is 0 Å². The Kier molecular flexibility index (Phi) is 4.36. The van der Waals surface area contributed by atoms with Gasteiger partial charge in [0, 0.05) is 11.4 Å². The summed E-state index contributed by atoms with van der Waals surface area (Å²) in [5, 5.41) is 2.01. The topological polar surface area (TPSA) is 29.5 Å². The van der Waals surface area contributed by atoms with E-state index >= 15 is 0 Å². The van der Waals surface area contributed by atoms with Crippen molar-refractivity contribution in [2.24, 2.45) is 0 Å². The van der Waals surface area contributed by atoms with Crippen LogP contribution in [0.4, 0.5) is 0 Å². The maximum atomic E-state index is 12.7. The minimum Gasteiger partial charge on any atom is -0.374 e. The average molecular weight is 301 g/mol. The van der Waals surface area contributed by atoms with E-state index in [0.717, 1.165) is 10.4 Å². The molecule has 2 atom stereocenters. The third-order valence-corrected chi connectivity index (χ3v) is 4.66. The highest BCUT2D eigenvalue weighted by atomic mass is 32.1. The molecule has 4 heteroatoms. The summed E-state index contributed by atoms with van der Waals surface area (Å²) in [5.74, 6) is 0.182. The van der Waals surface area contributed by atoms with Crippen LogP contribution in [0.3, 0.4) is 0 Å². The number of rotatable bonds is 3. The van der Waals surface area contributed by atoms with Crippen LogP contribution in [0.2, 0.25) is 0 Å². The van der Waals surface area contributed by atoms with E-state index in [0.29, 0.717) is 19.6 Å². The molecule has 3 nitrogen and oxygen atoms in total. The number of hydrogen-bond donors (Lipinski definition) is 0. The Labute approximate surface area is 129 Å². The number of carbonyl (C=O) groups is 1. The molecule has 2 aromatic rings. The lowest BCUT2D eigenvalue weighted by molar-refractivity contribution is -0.143. The summed E-state index contributed by atoms with van der Waals surface area (Å²) in [4.78, 5) is 15.8. The zero-order valence-corrected chi connectivity index (χ0v) is 12.9. The van der Waals surface area contributed by atoms with Crippen LogP contribution in [0.5, 0.6) is 0 Å². The molecule has 1 aromatic heterocycles. The molecule has 1 aliphatic heterocycles. The Morgan fingerprint density at radius 2 is 2.10 bits per heavy atom. The Bertz CT molecular complexity index is 582.